The molecule has 16 nitrogen and oxygen atoms in total. The summed E-state index contributed by atoms with van der Waals surface area (Å²) in [4.78, 5) is 76.8. The monoisotopic (exact) mass is 1190 g/mol. The lowest BCUT2D eigenvalue weighted by Gasteiger charge is -2.19. The molecule has 5 heterocycles. The number of carbonyl (C=O) groups excluding carboxylic acids is 4. The van der Waals surface area contributed by atoms with Gasteiger partial charge in [0.05, 0.1) is 85.1 Å². The Bertz CT molecular complexity index is 4150. The number of H-pyrrole nitrogens is 2. The third-order valence-electron chi connectivity index (χ3n) is 19.3. The average molecular weight is 1190 g/mol. The number of ether oxygens (including phenoxy) is 4. The van der Waals surface area contributed by atoms with Crippen LogP contribution in [0.5, 0.6) is 23.0 Å². The van der Waals surface area contributed by atoms with Gasteiger partial charge in [-0.25, -0.2) is 9.97 Å². The van der Waals surface area contributed by atoms with Gasteiger partial charge >= 0.3 is 0 Å². The molecule has 0 saturated heterocycles. The summed E-state index contributed by atoms with van der Waals surface area (Å²) in [5.41, 5.74) is 11.3. The first-order chi connectivity index (χ1) is 42.4. The number of methoxy groups -OCH3 is 4. The Morgan fingerprint density at radius 3 is 0.888 bits per heavy atom. The largest absolute Gasteiger partial charge is 0.496 e. The van der Waals surface area contributed by atoms with Gasteiger partial charge in [-0.3, -0.25) is 19.2 Å². The van der Waals surface area contributed by atoms with E-state index >= 15 is 0 Å². The molecule has 6 N–H and O–H groups in total. The van der Waals surface area contributed by atoms with Crippen LogP contribution in [0.4, 0.5) is 22.7 Å². The van der Waals surface area contributed by atoms with E-state index in [4.69, 9.17) is 28.9 Å². The first-order valence-electron chi connectivity index (χ1n) is 30.5. The van der Waals surface area contributed by atoms with E-state index in [0.717, 1.165) is 31.2 Å². The Labute approximate surface area is 518 Å². The quantitative estimate of drug-likeness (QED) is 0.0539. The van der Waals surface area contributed by atoms with E-state index in [1.54, 1.807) is 28.4 Å². The lowest BCUT2D eigenvalue weighted by Crippen LogP contribution is -2.19. The van der Waals surface area contributed by atoms with Crippen LogP contribution in [0.25, 0.3) is 90.9 Å². The molecule has 16 heteroatoms. The van der Waals surface area contributed by atoms with Crippen LogP contribution in [0, 0.1) is 52.3 Å². The maximum absolute atomic E-state index is 14.5. The fraction of sp³-hybridized carbons (Fsp3) is 0.342. The summed E-state index contributed by atoms with van der Waals surface area (Å²) in [6, 6.07) is 28.6. The molecule has 3 aromatic heterocycles. The van der Waals surface area contributed by atoms with E-state index in [-0.39, 0.29) is 69.0 Å². The maximum Gasteiger partial charge on any atom is 0.228 e. The predicted octanol–water partition coefficient (Wildman–Crippen LogP) is 15.6. The lowest BCUT2D eigenvalue weighted by atomic mass is 9.98. The fourth-order valence-electron chi connectivity index (χ4n) is 13.2. The van der Waals surface area contributed by atoms with Crippen molar-refractivity contribution in [3.05, 3.63) is 119 Å². The zero-order chi connectivity index (χ0) is 62.8. The highest BCUT2D eigenvalue weighted by Gasteiger charge is 2.53. The smallest absolute Gasteiger partial charge is 0.228 e. The van der Waals surface area contributed by atoms with E-state index in [1.165, 1.54) is 0 Å². The summed E-state index contributed by atoms with van der Waals surface area (Å²) in [5.74, 6) is 0.707. The molecule has 0 radical (unpaired) electrons. The van der Waals surface area contributed by atoms with E-state index in [0.29, 0.717) is 135 Å². The Balaban J connectivity index is 1.18. The molecule has 2 aliphatic heterocycles. The van der Waals surface area contributed by atoms with Crippen molar-refractivity contribution in [1.29, 1.82) is 0 Å². The number of carbonyl (C=O) groups is 4. The highest BCUT2D eigenvalue weighted by atomic mass is 16.5. The summed E-state index contributed by atoms with van der Waals surface area (Å²) in [6.07, 6.45) is 10.7. The van der Waals surface area contributed by atoms with Gasteiger partial charge in [-0.1, -0.05) is 73.6 Å². The number of aromatic nitrogens is 4. The van der Waals surface area contributed by atoms with Crippen LogP contribution in [0.15, 0.2) is 91.0 Å². The van der Waals surface area contributed by atoms with Crippen LogP contribution in [0.1, 0.15) is 109 Å². The summed E-state index contributed by atoms with van der Waals surface area (Å²) >= 11 is 0. The van der Waals surface area contributed by atoms with Gasteiger partial charge < -0.3 is 50.2 Å². The molecule has 4 amide bonds. The molecule has 4 aliphatic carbocycles. The van der Waals surface area contributed by atoms with Gasteiger partial charge in [0, 0.05) is 79.1 Å². The zero-order valence-corrected chi connectivity index (χ0v) is 52.8. The summed E-state index contributed by atoms with van der Waals surface area (Å²) in [7, 11) is 6.48. The van der Waals surface area contributed by atoms with Crippen molar-refractivity contribution in [2.45, 2.75) is 88.0 Å². The van der Waals surface area contributed by atoms with Gasteiger partial charge in [0.25, 0.3) is 0 Å². The molecular formula is C73H76N8O8. The molecular weight excluding hydrogens is 1120 g/mol. The van der Waals surface area contributed by atoms with Crippen LogP contribution < -0.4 is 40.2 Å². The van der Waals surface area contributed by atoms with Gasteiger partial charge in [0.1, 0.15) is 23.0 Å². The first kappa shape index (κ1) is 58.6. The van der Waals surface area contributed by atoms with Crippen molar-refractivity contribution >= 4 is 92.7 Å². The van der Waals surface area contributed by atoms with Crippen LogP contribution >= 0.6 is 0 Å². The average Bonchev–Trinajstić information content (AvgIpc) is 1.74. The highest BCUT2D eigenvalue weighted by molar-refractivity contribution is 6.12. The summed E-state index contributed by atoms with van der Waals surface area (Å²) < 4.78 is 24.9. The van der Waals surface area contributed by atoms with Gasteiger partial charge in [0.15, 0.2) is 0 Å². The molecule has 13 rings (SSSR count). The topological polar surface area (TPSA) is 211 Å². The second kappa shape index (κ2) is 21.4. The normalized spacial score (nSPS) is 19.8. The predicted molar refractivity (Wildman–Crippen MR) is 354 cm³/mol. The standard InChI is InChI=1S/C73H76N8O8/c1-37-31-56(88-12)65(57(32-37)89-13)63-52-29-25-48(76-52)60(58-42(78-66(82)38-33-70(38,2)3)17-14-18-43(58)79-67(83)39-34-71(39,4)5)46-23-27-50(74-46)62(64-54(86-10)21-16-22-55(64)87-11)51-28-24-47(75-51)61(49-26-30-53(63)77-49)59-44(80-68(84)40-35-72(40,6)7)19-15-20-45(59)81-69(85)41-36-73(41,8)9/h14-32,38-41,74,77H,33-36H2,1-13H3,(H,78,82)(H,79,83)(H,80,84)(H,81,85)/t38-,39+,40-,41+. The molecule has 456 valence electrons. The Kier molecular flexibility index (Phi) is 14.1. The minimum atomic E-state index is -0.221. The van der Waals surface area contributed by atoms with Crippen LogP contribution in [0.3, 0.4) is 0 Å². The molecule has 8 bridgehead atoms. The van der Waals surface area contributed by atoms with E-state index < -0.39 is 0 Å². The summed E-state index contributed by atoms with van der Waals surface area (Å²) in [6.45, 7) is 18.7. The summed E-state index contributed by atoms with van der Waals surface area (Å²) in [5, 5.41) is 13.3. The number of benzene rings is 4. The molecule has 89 heavy (non-hydrogen) atoms. The number of fused-ring (bicyclic) bond motifs is 8. The van der Waals surface area contributed by atoms with Crippen LogP contribution in [0.2, 0.25) is 0 Å². The van der Waals surface area contributed by atoms with E-state index in [2.05, 4.69) is 86.6 Å². The molecule has 6 aliphatic rings. The van der Waals surface area contributed by atoms with Crippen molar-refractivity contribution in [3.8, 4) is 67.5 Å². The number of rotatable bonds is 16. The number of nitrogens with one attached hydrogen (secondary N) is 6. The Morgan fingerprint density at radius 2 is 0.629 bits per heavy atom. The Morgan fingerprint density at radius 1 is 0.382 bits per heavy atom. The second-order valence-electron chi connectivity index (χ2n) is 27.5. The third kappa shape index (κ3) is 10.6. The van der Waals surface area contributed by atoms with Crippen LogP contribution in [-0.2, 0) is 19.2 Å². The molecule has 4 atom stereocenters. The van der Waals surface area contributed by atoms with Gasteiger partial charge in [0.2, 0.25) is 23.6 Å². The number of aryl methyl sites for hydroxylation is 1. The number of aromatic amines is 2. The van der Waals surface area contributed by atoms with Gasteiger partial charge in [-0.15, -0.1) is 0 Å². The zero-order valence-electron chi connectivity index (χ0n) is 52.8. The number of anilines is 4. The minimum absolute atomic E-state index is 0.122. The molecule has 4 saturated carbocycles. The van der Waals surface area contributed by atoms with E-state index in [9.17, 15) is 19.2 Å². The van der Waals surface area contributed by atoms with Crippen molar-refractivity contribution in [2.24, 2.45) is 45.3 Å². The molecule has 0 unspecified atom stereocenters. The molecule has 4 fully saturated rings. The maximum atomic E-state index is 14.5. The van der Waals surface area contributed by atoms with Crippen molar-refractivity contribution < 1.29 is 38.1 Å². The SMILES string of the molecule is COc1cccc(OC)c1-c1c2nc(c(-c3c(NC(=O)[C@H]4CC4(C)C)cccc3NC(=O)[C@@H]3CC3(C)C)c3ccc([nH]3)c(-c3c(OC)cc(C)cc3OC)c3nc(c(-c4c(NC(=O)[C@H]5CC5(C)C)cccc4NC(=O)[C@@H]4CC4(C)C)c4ccc1[nH]4)C=C3)C=C2. The number of hydrogen-bond donors (Lipinski definition) is 6. The first-order valence-corrected chi connectivity index (χ1v) is 30.5. The van der Waals surface area contributed by atoms with Crippen molar-refractivity contribution in [2.75, 3.05) is 49.7 Å². The highest BCUT2D eigenvalue weighted by Crippen LogP contribution is 2.57. The molecule has 0 spiro atoms. The molecule has 4 aromatic carbocycles. The van der Waals surface area contributed by atoms with Gasteiger partial charge in [-0.05, 0) is 157 Å². The number of amides is 4. The van der Waals surface area contributed by atoms with Crippen molar-refractivity contribution in [1.82, 2.24) is 19.9 Å². The third-order valence-corrected chi connectivity index (χ3v) is 19.3. The van der Waals surface area contributed by atoms with Crippen molar-refractivity contribution in [3.63, 3.8) is 0 Å². The van der Waals surface area contributed by atoms with E-state index in [1.807, 2.05) is 122 Å². The Hall–Kier alpha value is -9.44. The minimum Gasteiger partial charge on any atom is -0.496 e. The number of nitrogens with zero attached hydrogens (tertiary/aromatic N) is 2. The van der Waals surface area contributed by atoms with Gasteiger partial charge in [-0.2, -0.15) is 0 Å². The lowest BCUT2D eigenvalue weighted by molar-refractivity contribution is -0.118. The number of hydrogen-bond acceptors (Lipinski definition) is 10. The fourth-order valence-corrected chi connectivity index (χ4v) is 13.2. The second-order valence-corrected chi connectivity index (χ2v) is 27.5. The molecule has 7 aromatic rings. The van der Waals surface area contributed by atoms with Crippen LogP contribution in [-0.4, -0.2) is 72.0 Å².